The summed E-state index contributed by atoms with van der Waals surface area (Å²) in [6.07, 6.45) is 0.617. The number of carboxylic acids is 1. The van der Waals surface area contributed by atoms with Crippen LogP contribution in [0.5, 0.6) is 0 Å². The minimum atomic E-state index is -0.890. The van der Waals surface area contributed by atoms with E-state index in [1.807, 2.05) is 5.32 Å². The van der Waals surface area contributed by atoms with Crippen molar-refractivity contribution >= 4 is 32.9 Å². The van der Waals surface area contributed by atoms with Crippen molar-refractivity contribution in [2.45, 2.75) is 23.6 Å². The first kappa shape index (κ1) is 14.9. The average molecular weight is 296 g/mol. The van der Waals surface area contributed by atoms with Crippen LogP contribution in [0.15, 0.2) is 0 Å². The Bertz CT molecular complexity index is 258. The van der Waals surface area contributed by atoms with Gasteiger partial charge in [-0.15, -0.1) is 0 Å². The summed E-state index contributed by atoms with van der Waals surface area (Å²) in [5.41, 5.74) is 5.21. The summed E-state index contributed by atoms with van der Waals surface area (Å²) < 4.78 is 0. The smallest absolute Gasteiger partial charge is 0.321 e. The number of hydrogen-bond acceptors (Lipinski definition) is 4. The Balaban J connectivity index is 0.000000288. The molecule has 3 amide bonds. The number of imide groups is 1. The van der Waals surface area contributed by atoms with Gasteiger partial charge in [0.2, 0.25) is 5.91 Å². The number of nitrogens with two attached hydrogens (primary N) is 1. The van der Waals surface area contributed by atoms with Crippen LogP contribution in [0.1, 0.15) is 6.42 Å². The number of carbonyl (C=O) groups is 3. The molecule has 1 aliphatic heterocycles. The molecule has 5 N–H and O–H groups in total. The maximum atomic E-state index is 10.1. The van der Waals surface area contributed by atoms with Crippen molar-refractivity contribution in [2.24, 2.45) is 5.73 Å². The zero-order chi connectivity index (χ0) is 12.6. The number of carboxylic acid groups (broad SMARTS) is 1. The minimum absolute atomic E-state index is 0.124. The van der Waals surface area contributed by atoms with Crippen LogP contribution in [0, 0.1) is 0 Å². The quantitative estimate of drug-likeness (QED) is 0.383. The molecule has 1 atom stereocenters. The number of nitrogens with one attached hydrogen (secondary N) is 2. The molecule has 0 unspecified atom stereocenters. The summed E-state index contributed by atoms with van der Waals surface area (Å²) in [5, 5.41) is 13.5. The molecule has 8 heteroatoms. The topological polar surface area (TPSA) is 122 Å². The molecule has 7 nitrogen and oxygen atoms in total. The molecular formula is C8H15N3O4Se. The Hall–Kier alpha value is -1.11. The summed E-state index contributed by atoms with van der Waals surface area (Å²) in [6.45, 7) is 0.124. The first-order valence-corrected chi connectivity index (χ1v) is 7.44. The second-order valence-electron chi connectivity index (χ2n) is 2.96. The van der Waals surface area contributed by atoms with Crippen molar-refractivity contribution in [3.8, 4) is 0 Å². The zero-order valence-electron chi connectivity index (χ0n) is 8.86. The third kappa shape index (κ3) is 7.22. The van der Waals surface area contributed by atoms with Crippen LogP contribution in [-0.4, -0.2) is 50.6 Å². The number of amides is 3. The van der Waals surface area contributed by atoms with Crippen LogP contribution >= 0.6 is 0 Å². The van der Waals surface area contributed by atoms with Crippen molar-refractivity contribution < 1.29 is 19.5 Å². The number of aliphatic carboxylic acids is 1. The van der Waals surface area contributed by atoms with Gasteiger partial charge in [0, 0.05) is 0 Å². The monoisotopic (exact) mass is 297 g/mol. The van der Waals surface area contributed by atoms with Crippen LogP contribution in [0.4, 0.5) is 4.79 Å². The van der Waals surface area contributed by atoms with E-state index in [0.717, 1.165) is 5.32 Å². The largest absolute Gasteiger partial charge is 0.329 e. The molecule has 0 radical (unpaired) electrons. The molecule has 92 valence electrons. The van der Waals surface area contributed by atoms with Crippen molar-refractivity contribution in [1.29, 1.82) is 0 Å². The van der Waals surface area contributed by atoms with Gasteiger partial charge in [-0.25, -0.2) is 4.79 Å². The second kappa shape index (κ2) is 8.09. The molecule has 0 aromatic heterocycles. The zero-order valence-corrected chi connectivity index (χ0v) is 10.6. The van der Waals surface area contributed by atoms with Crippen LogP contribution in [0.3, 0.4) is 0 Å². The van der Waals surface area contributed by atoms with Gasteiger partial charge >= 0.3 is 66.2 Å². The molecule has 1 heterocycles. The molecule has 0 aromatic rings. The third-order valence-electron chi connectivity index (χ3n) is 1.61. The Morgan fingerprint density at radius 1 is 1.62 bits per heavy atom. The number of hydrogen-bond donors (Lipinski definition) is 4. The summed E-state index contributed by atoms with van der Waals surface area (Å²) in [5.74, 6) is 0.922. The van der Waals surface area contributed by atoms with Crippen LogP contribution in [-0.2, 0) is 9.59 Å². The Labute approximate surface area is 99.3 Å². The predicted octanol–water partition coefficient (Wildman–Crippen LogP) is -1.22. The van der Waals surface area contributed by atoms with Gasteiger partial charge in [-0.3, -0.25) is 10.1 Å². The molecule has 0 aliphatic carbocycles. The first-order chi connectivity index (χ1) is 7.47. The van der Waals surface area contributed by atoms with E-state index in [4.69, 9.17) is 10.8 Å². The molecule has 0 spiro atoms. The molecule has 0 saturated carbocycles. The molecule has 0 aromatic carbocycles. The second-order valence-corrected chi connectivity index (χ2v) is 5.02. The van der Waals surface area contributed by atoms with Crippen molar-refractivity contribution in [1.82, 2.24) is 10.6 Å². The molecule has 1 saturated heterocycles. The van der Waals surface area contributed by atoms with E-state index in [1.165, 1.54) is 0 Å². The van der Waals surface area contributed by atoms with E-state index in [2.05, 4.69) is 11.1 Å². The van der Waals surface area contributed by atoms with Crippen molar-refractivity contribution in [3.63, 3.8) is 0 Å². The minimum Gasteiger partial charge on any atom is -0.329 e. The van der Waals surface area contributed by atoms with E-state index in [1.54, 1.807) is 0 Å². The third-order valence-corrected chi connectivity index (χ3v) is 2.96. The Kier molecular flexibility index (Phi) is 7.53. The molecular weight excluding hydrogens is 281 g/mol. The standard InChI is InChI=1S/C5H11NO2Se.C3H4N2O2/c1-9-3-2-4(6)5(7)8;6-2-1-4-3(7)5-2/h4H,2-3,6H2,1H3,(H,7,8);1H2,(H2,4,5,6,7)/t4-;/m0./s1. The maximum absolute atomic E-state index is 10.1. The van der Waals surface area contributed by atoms with Gasteiger partial charge in [0.1, 0.15) is 0 Å². The van der Waals surface area contributed by atoms with Crippen LogP contribution in [0.25, 0.3) is 0 Å². The van der Waals surface area contributed by atoms with Crippen LogP contribution < -0.4 is 16.4 Å². The van der Waals surface area contributed by atoms with E-state index in [0.29, 0.717) is 21.4 Å². The van der Waals surface area contributed by atoms with Gasteiger partial charge in [-0.2, -0.15) is 0 Å². The Morgan fingerprint density at radius 3 is 2.50 bits per heavy atom. The molecule has 16 heavy (non-hydrogen) atoms. The van der Waals surface area contributed by atoms with Gasteiger partial charge in [-0.1, -0.05) is 0 Å². The van der Waals surface area contributed by atoms with E-state index < -0.39 is 18.0 Å². The fourth-order valence-corrected chi connectivity index (χ4v) is 1.77. The fourth-order valence-electron chi connectivity index (χ4n) is 0.744. The van der Waals surface area contributed by atoms with Crippen molar-refractivity contribution in [3.05, 3.63) is 0 Å². The summed E-state index contributed by atoms with van der Waals surface area (Å²) >= 11 is 0.549. The summed E-state index contributed by atoms with van der Waals surface area (Å²) in [7, 11) is 0. The van der Waals surface area contributed by atoms with E-state index in [-0.39, 0.29) is 12.5 Å². The van der Waals surface area contributed by atoms with Gasteiger partial charge in [0.25, 0.3) is 0 Å². The van der Waals surface area contributed by atoms with E-state index in [9.17, 15) is 14.4 Å². The fraction of sp³-hybridized carbons (Fsp3) is 0.625. The van der Waals surface area contributed by atoms with Crippen molar-refractivity contribution in [2.75, 3.05) is 6.54 Å². The first-order valence-electron chi connectivity index (χ1n) is 4.52. The van der Waals surface area contributed by atoms with Crippen LogP contribution in [0.2, 0.25) is 11.1 Å². The van der Waals surface area contributed by atoms with Gasteiger partial charge in [-0.05, 0) is 0 Å². The predicted molar refractivity (Wildman–Crippen MR) is 58.2 cm³/mol. The van der Waals surface area contributed by atoms with E-state index >= 15 is 0 Å². The molecule has 1 aliphatic rings. The maximum Gasteiger partial charge on any atom is 0.321 e. The normalized spacial score (nSPS) is 15.6. The van der Waals surface area contributed by atoms with Gasteiger partial charge in [0.05, 0.1) is 6.54 Å². The Morgan fingerprint density at radius 2 is 2.25 bits per heavy atom. The SMILES string of the molecule is C[Se]CC[C@H](N)C(=O)O.O=C1CNC(=O)N1. The van der Waals surface area contributed by atoms with Gasteiger partial charge in [0.15, 0.2) is 0 Å². The molecule has 0 bridgehead atoms. The molecule has 1 fully saturated rings. The number of carbonyl (C=O) groups excluding carboxylic acids is 2. The molecule has 1 rings (SSSR count). The number of urea groups is 1. The van der Waals surface area contributed by atoms with Gasteiger partial charge < -0.3 is 5.32 Å². The average Bonchev–Trinajstić information content (AvgIpc) is 2.59. The summed E-state index contributed by atoms with van der Waals surface area (Å²) in [6, 6.07) is -1.04. The number of rotatable bonds is 4. The summed E-state index contributed by atoms with van der Waals surface area (Å²) in [4.78, 5) is 30.2.